The smallest absolute Gasteiger partial charge is 0.327 e. The Kier molecular flexibility index (Phi) is 7.17. The van der Waals surface area contributed by atoms with E-state index in [0.717, 1.165) is 4.47 Å². The molecule has 180 valence electrons. The van der Waals surface area contributed by atoms with E-state index >= 15 is 0 Å². The van der Waals surface area contributed by atoms with Crippen LogP contribution in [0.25, 0.3) is 0 Å². The highest BCUT2D eigenvalue weighted by Crippen LogP contribution is 2.61. The third-order valence-corrected chi connectivity index (χ3v) is 7.74. The fraction of sp³-hybridized carbons (Fsp3) is 0.400. The molecule has 2 aliphatic rings. The molecule has 3 atom stereocenters. The molecule has 34 heavy (non-hydrogen) atoms. The average molecular weight is 595 g/mol. The highest BCUT2D eigenvalue weighted by Gasteiger charge is 2.75. The lowest BCUT2D eigenvalue weighted by Crippen LogP contribution is -2.52. The van der Waals surface area contributed by atoms with Crippen molar-refractivity contribution in [3.8, 4) is 0 Å². The van der Waals surface area contributed by atoms with Crippen LogP contribution < -0.4 is 5.32 Å². The first-order valence-electron chi connectivity index (χ1n) is 11.1. The van der Waals surface area contributed by atoms with Gasteiger partial charge < -0.3 is 14.2 Å². The molecule has 9 heteroatoms. The van der Waals surface area contributed by atoms with Crippen molar-refractivity contribution < 1.29 is 28.6 Å². The summed E-state index contributed by atoms with van der Waals surface area (Å²) in [6.45, 7) is 3.65. The van der Waals surface area contributed by atoms with Gasteiger partial charge in [-0.05, 0) is 43.2 Å². The van der Waals surface area contributed by atoms with Gasteiger partial charge in [-0.15, -0.1) is 0 Å². The van der Waals surface area contributed by atoms with Crippen LogP contribution in [0.15, 0.2) is 57.5 Å². The number of ether oxygens (including phenoxy) is 3. The quantitative estimate of drug-likeness (QED) is 0.300. The lowest BCUT2D eigenvalue weighted by Gasteiger charge is -2.37. The van der Waals surface area contributed by atoms with Crippen molar-refractivity contribution in [1.82, 2.24) is 5.32 Å². The van der Waals surface area contributed by atoms with Crippen LogP contribution in [0.4, 0.5) is 0 Å². The minimum atomic E-state index is -1.89. The summed E-state index contributed by atoms with van der Waals surface area (Å²) in [6.07, 6.45) is 0.282. The van der Waals surface area contributed by atoms with E-state index in [1.165, 1.54) is 0 Å². The number of benzene rings is 2. The maximum atomic E-state index is 14.0. The molecule has 1 unspecified atom stereocenters. The summed E-state index contributed by atoms with van der Waals surface area (Å²) in [5.41, 5.74) is -1.96. The van der Waals surface area contributed by atoms with E-state index in [1.807, 2.05) is 36.4 Å². The SMILES string of the molecule is CCOC(=O)C1(C(=O)OCC)C(c2cccc(Br)c2)[C@]2(CCOC2=O)N[C@H]1c1ccccc1Br. The second-order valence-corrected chi connectivity index (χ2v) is 10.0. The number of esters is 3. The van der Waals surface area contributed by atoms with Crippen molar-refractivity contribution in [2.45, 2.75) is 37.8 Å². The summed E-state index contributed by atoms with van der Waals surface area (Å²) in [5.74, 6) is -2.95. The topological polar surface area (TPSA) is 90.9 Å². The van der Waals surface area contributed by atoms with Crippen molar-refractivity contribution in [3.63, 3.8) is 0 Å². The van der Waals surface area contributed by atoms with E-state index < -0.39 is 40.8 Å². The van der Waals surface area contributed by atoms with E-state index in [9.17, 15) is 14.4 Å². The molecular weight excluding hydrogens is 570 g/mol. The Morgan fingerprint density at radius 2 is 1.74 bits per heavy atom. The lowest BCUT2D eigenvalue weighted by atomic mass is 9.62. The first-order valence-corrected chi connectivity index (χ1v) is 12.7. The highest BCUT2D eigenvalue weighted by atomic mass is 79.9. The molecule has 1 spiro atoms. The number of carbonyl (C=O) groups is 3. The molecule has 4 rings (SSSR count). The van der Waals surface area contributed by atoms with Gasteiger partial charge in [-0.25, -0.2) is 0 Å². The summed E-state index contributed by atoms with van der Waals surface area (Å²) in [7, 11) is 0. The second-order valence-electron chi connectivity index (χ2n) is 8.25. The normalized spacial score (nSPS) is 25.2. The Bertz CT molecular complexity index is 1100. The molecule has 2 aromatic rings. The number of hydrogen-bond donors (Lipinski definition) is 1. The Balaban J connectivity index is 2.09. The van der Waals surface area contributed by atoms with E-state index in [0.29, 0.717) is 15.6 Å². The average Bonchev–Trinajstić information content (AvgIpc) is 3.33. The van der Waals surface area contributed by atoms with Crippen molar-refractivity contribution in [3.05, 3.63) is 68.6 Å². The lowest BCUT2D eigenvalue weighted by molar-refractivity contribution is -0.175. The highest BCUT2D eigenvalue weighted by molar-refractivity contribution is 9.10. The van der Waals surface area contributed by atoms with Gasteiger partial charge in [0.2, 0.25) is 0 Å². The zero-order valence-electron chi connectivity index (χ0n) is 18.8. The molecule has 0 aliphatic carbocycles. The molecule has 0 amide bonds. The van der Waals surface area contributed by atoms with Gasteiger partial charge in [0.1, 0.15) is 5.54 Å². The molecule has 7 nitrogen and oxygen atoms in total. The first kappa shape index (κ1) is 24.9. The van der Waals surface area contributed by atoms with Gasteiger partial charge in [-0.1, -0.05) is 62.2 Å². The molecule has 2 aromatic carbocycles. The van der Waals surface area contributed by atoms with Crippen LogP contribution in [0.3, 0.4) is 0 Å². The van der Waals surface area contributed by atoms with Gasteiger partial charge in [0, 0.05) is 21.3 Å². The van der Waals surface area contributed by atoms with Crippen LogP contribution >= 0.6 is 31.9 Å². The van der Waals surface area contributed by atoms with Crippen molar-refractivity contribution in [2.24, 2.45) is 5.41 Å². The molecule has 2 aliphatic heterocycles. The third-order valence-electron chi connectivity index (χ3n) is 6.52. The molecular formula is C25H25Br2NO6. The minimum absolute atomic E-state index is 0.0608. The zero-order chi connectivity index (χ0) is 24.5. The van der Waals surface area contributed by atoms with Crippen LogP contribution in [0, 0.1) is 5.41 Å². The second kappa shape index (κ2) is 9.79. The maximum Gasteiger partial charge on any atom is 0.327 e. The molecule has 0 bridgehead atoms. The fourth-order valence-corrected chi connectivity index (χ4v) is 6.19. The Morgan fingerprint density at radius 1 is 1.06 bits per heavy atom. The predicted octanol–water partition coefficient (Wildman–Crippen LogP) is 4.44. The van der Waals surface area contributed by atoms with Crippen LogP contribution in [-0.2, 0) is 28.6 Å². The zero-order valence-corrected chi connectivity index (χ0v) is 22.0. The molecule has 0 aromatic heterocycles. The van der Waals surface area contributed by atoms with Gasteiger partial charge in [0.15, 0.2) is 5.41 Å². The monoisotopic (exact) mass is 593 g/mol. The summed E-state index contributed by atoms with van der Waals surface area (Å²) in [4.78, 5) is 41.3. The number of cyclic esters (lactones) is 1. The van der Waals surface area contributed by atoms with Crippen molar-refractivity contribution in [2.75, 3.05) is 19.8 Å². The molecule has 0 saturated carbocycles. The minimum Gasteiger partial charge on any atom is -0.465 e. The first-order chi connectivity index (χ1) is 16.3. The van der Waals surface area contributed by atoms with Crippen molar-refractivity contribution in [1.29, 1.82) is 0 Å². The summed E-state index contributed by atoms with van der Waals surface area (Å²) in [6, 6.07) is 13.6. The Morgan fingerprint density at radius 3 is 2.29 bits per heavy atom. The number of rotatable bonds is 6. The van der Waals surface area contributed by atoms with Crippen LogP contribution in [0.1, 0.15) is 43.4 Å². The molecule has 2 heterocycles. The van der Waals surface area contributed by atoms with E-state index in [-0.39, 0.29) is 26.2 Å². The van der Waals surface area contributed by atoms with E-state index in [1.54, 1.807) is 26.0 Å². The van der Waals surface area contributed by atoms with Gasteiger partial charge in [-0.3, -0.25) is 19.7 Å². The summed E-state index contributed by atoms with van der Waals surface area (Å²) >= 11 is 7.06. The van der Waals surface area contributed by atoms with Crippen molar-refractivity contribution >= 4 is 49.8 Å². The standard InChI is InChI=1S/C25H25Br2NO6/c1-3-32-22(30)25(23(31)33-4-2)19(15-8-7-9-16(26)14-15)24(12-13-34-21(24)29)28-20(25)17-10-5-6-11-18(17)27/h5-11,14,19-20,28H,3-4,12-13H2,1-2H3/t19?,20-,24-/m0/s1. The molecule has 2 saturated heterocycles. The third kappa shape index (κ3) is 3.78. The Hall–Kier alpha value is -2.23. The number of hydrogen-bond acceptors (Lipinski definition) is 7. The summed E-state index contributed by atoms with van der Waals surface area (Å²) < 4.78 is 18.0. The Labute approximate surface area is 214 Å². The van der Waals surface area contributed by atoms with E-state index in [2.05, 4.69) is 37.2 Å². The van der Waals surface area contributed by atoms with Gasteiger partial charge >= 0.3 is 17.9 Å². The van der Waals surface area contributed by atoms with E-state index in [4.69, 9.17) is 14.2 Å². The number of halogens is 2. The molecule has 0 radical (unpaired) electrons. The molecule has 2 fully saturated rings. The molecule has 1 N–H and O–H groups in total. The van der Waals surface area contributed by atoms with Gasteiger partial charge in [0.05, 0.1) is 25.9 Å². The van der Waals surface area contributed by atoms with Gasteiger partial charge in [-0.2, -0.15) is 0 Å². The van der Waals surface area contributed by atoms with Crippen LogP contribution in [0.2, 0.25) is 0 Å². The number of nitrogens with one attached hydrogen (secondary N) is 1. The van der Waals surface area contributed by atoms with Gasteiger partial charge in [0.25, 0.3) is 0 Å². The van der Waals surface area contributed by atoms with Crippen LogP contribution in [0.5, 0.6) is 0 Å². The number of carbonyl (C=O) groups excluding carboxylic acids is 3. The fourth-order valence-electron chi connectivity index (χ4n) is 5.26. The van der Waals surface area contributed by atoms with Crippen LogP contribution in [-0.4, -0.2) is 43.3 Å². The maximum absolute atomic E-state index is 14.0. The summed E-state index contributed by atoms with van der Waals surface area (Å²) in [5, 5.41) is 3.39. The predicted molar refractivity (Wildman–Crippen MR) is 131 cm³/mol. The largest absolute Gasteiger partial charge is 0.465 e.